The predicted molar refractivity (Wildman–Crippen MR) is 87.0 cm³/mol. The van der Waals surface area contributed by atoms with Gasteiger partial charge in [-0.15, -0.1) is 0 Å². The zero-order valence-corrected chi connectivity index (χ0v) is 13.6. The predicted octanol–water partition coefficient (Wildman–Crippen LogP) is 2.69. The molecule has 1 aromatic carbocycles. The molecule has 0 unspecified atom stereocenters. The minimum atomic E-state index is -0.454. The first kappa shape index (κ1) is 16.6. The molecule has 5 nitrogen and oxygen atoms in total. The average molecular weight is 312 g/mol. The molecule has 0 saturated heterocycles. The fraction of sp³-hybridized carbons (Fsp3) is 0.333. The topological polar surface area (TPSA) is 62.6 Å². The highest BCUT2D eigenvalue weighted by atomic mass is 16.5. The summed E-state index contributed by atoms with van der Waals surface area (Å²) in [5.41, 5.74) is 1.64. The fourth-order valence-electron chi connectivity index (χ4n) is 2.46. The number of benzene rings is 1. The summed E-state index contributed by atoms with van der Waals surface area (Å²) in [6.45, 7) is 2.20. The van der Waals surface area contributed by atoms with E-state index in [-0.39, 0.29) is 5.78 Å². The highest BCUT2D eigenvalue weighted by Gasteiger charge is 2.19. The van der Waals surface area contributed by atoms with E-state index in [0.717, 1.165) is 12.0 Å². The zero-order valence-electron chi connectivity index (χ0n) is 13.6. The summed E-state index contributed by atoms with van der Waals surface area (Å²) >= 11 is 0. The first-order valence-corrected chi connectivity index (χ1v) is 7.36. The molecule has 1 aromatic rings. The van der Waals surface area contributed by atoms with Crippen LogP contribution in [-0.4, -0.2) is 31.4 Å². The van der Waals surface area contributed by atoms with E-state index in [9.17, 15) is 4.79 Å². The Bertz CT molecular complexity index is 686. The molecule has 23 heavy (non-hydrogen) atoms. The van der Waals surface area contributed by atoms with Crippen molar-refractivity contribution in [2.45, 2.75) is 13.3 Å². The van der Waals surface area contributed by atoms with Crippen molar-refractivity contribution in [3.8, 4) is 17.6 Å². The number of ether oxygens (including phenoxy) is 2. The number of Topliss-reactive ketones (excluding diaryl/α,β-unsaturated/α-hetero) is 1. The monoisotopic (exact) mass is 312 g/mol. The van der Waals surface area contributed by atoms with E-state index in [0.29, 0.717) is 23.6 Å². The quantitative estimate of drug-likeness (QED) is 0.808. The SMILES string of the molecule is COc1ccc(CCN2C=C[C@@H](C#N)C(C(C)=O)=C2)cc1OC. The Morgan fingerprint density at radius 1 is 1.30 bits per heavy atom. The molecular formula is C18H20N2O3. The molecule has 5 heteroatoms. The maximum Gasteiger partial charge on any atom is 0.160 e. The molecule has 0 aromatic heterocycles. The summed E-state index contributed by atoms with van der Waals surface area (Å²) in [7, 11) is 3.22. The van der Waals surface area contributed by atoms with Gasteiger partial charge in [-0.3, -0.25) is 4.79 Å². The van der Waals surface area contributed by atoms with Crippen molar-refractivity contribution < 1.29 is 14.3 Å². The molecule has 2 rings (SSSR count). The Morgan fingerprint density at radius 3 is 2.65 bits per heavy atom. The van der Waals surface area contributed by atoms with Gasteiger partial charge in [-0.2, -0.15) is 5.26 Å². The van der Waals surface area contributed by atoms with Crippen molar-refractivity contribution in [1.82, 2.24) is 4.90 Å². The molecule has 0 N–H and O–H groups in total. The first-order valence-electron chi connectivity index (χ1n) is 7.36. The van der Waals surface area contributed by atoms with E-state index in [1.807, 2.05) is 29.3 Å². The molecule has 0 amide bonds. The Kier molecular flexibility index (Phi) is 5.42. The molecule has 1 aliphatic heterocycles. The van der Waals surface area contributed by atoms with Gasteiger partial charge in [0, 0.05) is 24.5 Å². The van der Waals surface area contributed by atoms with Crippen molar-refractivity contribution in [2.24, 2.45) is 5.92 Å². The van der Waals surface area contributed by atoms with Gasteiger partial charge in [0.25, 0.3) is 0 Å². The summed E-state index contributed by atoms with van der Waals surface area (Å²) < 4.78 is 10.5. The van der Waals surface area contributed by atoms with E-state index in [2.05, 4.69) is 6.07 Å². The van der Waals surface area contributed by atoms with Gasteiger partial charge in [0.2, 0.25) is 0 Å². The number of carbonyl (C=O) groups is 1. The third-order valence-electron chi connectivity index (χ3n) is 3.76. The number of nitrogens with zero attached hydrogens (tertiary/aromatic N) is 2. The fourth-order valence-corrected chi connectivity index (χ4v) is 2.46. The Balaban J connectivity index is 2.07. The smallest absolute Gasteiger partial charge is 0.160 e. The molecule has 1 heterocycles. The van der Waals surface area contributed by atoms with Crippen LogP contribution in [0.5, 0.6) is 11.5 Å². The molecule has 0 fully saturated rings. The van der Waals surface area contributed by atoms with Crippen LogP contribution in [0.3, 0.4) is 0 Å². The number of rotatable bonds is 6. The van der Waals surface area contributed by atoms with E-state index in [1.165, 1.54) is 6.92 Å². The van der Waals surface area contributed by atoms with E-state index < -0.39 is 5.92 Å². The molecule has 120 valence electrons. The number of ketones is 1. The number of methoxy groups -OCH3 is 2. The van der Waals surface area contributed by atoms with Crippen molar-refractivity contribution in [1.29, 1.82) is 5.26 Å². The molecule has 0 aliphatic carbocycles. The van der Waals surface area contributed by atoms with Crippen LogP contribution in [0.1, 0.15) is 12.5 Å². The lowest BCUT2D eigenvalue weighted by Gasteiger charge is -2.23. The van der Waals surface area contributed by atoms with Crippen LogP contribution in [0.25, 0.3) is 0 Å². The minimum absolute atomic E-state index is 0.0722. The number of nitriles is 1. The molecule has 0 spiro atoms. The zero-order chi connectivity index (χ0) is 16.8. The van der Waals surface area contributed by atoms with Crippen molar-refractivity contribution in [2.75, 3.05) is 20.8 Å². The summed E-state index contributed by atoms with van der Waals surface area (Å²) in [5.74, 6) is 0.871. The van der Waals surface area contributed by atoms with E-state index >= 15 is 0 Å². The number of hydrogen-bond acceptors (Lipinski definition) is 5. The van der Waals surface area contributed by atoms with Crippen molar-refractivity contribution in [3.05, 3.63) is 47.8 Å². The standard InChI is InChI=1S/C18H20N2O3/c1-13(21)16-12-20(9-7-15(16)11-19)8-6-14-4-5-17(22-2)18(10-14)23-3/h4-5,7,9-10,12,15H,6,8H2,1-3H3/t15-/m0/s1. The van der Waals surface area contributed by atoms with Gasteiger partial charge in [-0.1, -0.05) is 6.07 Å². The molecule has 0 saturated carbocycles. The van der Waals surface area contributed by atoms with Crippen LogP contribution >= 0.6 is 0 Å². The molecule has 0 radical (unpaired) electrons. The summed E-state index contributed by atoms with van der Waals surface area (Å²) in [5, 5.41) is 9.07. The third kappa shape index (κ3) is 3.92. The van der Waals surface area contributed by atoms with Gasteiger partial charge >= 0.3 is 0 Å². The Hall–Kier alpha value is -2.74. The second-order valence-electron chi connectivity index (χ2n) is 5.27. The normalized spacial score (nSPS) is 16.5. The summed E-state index contributed by atoms with van der Waals surface area (Å²) in [4.78, 5) is 13.6. The van der Waals surface area contributed by atoms with Crippen LogP contribution in [0.2, 0.25) is 0 Å². The second-order valence-corrected chi connectivity index (χ2v) is 5.27. The lowest BCUT2D eigenvalue weighted by Crippen LogP contribution is -2.22. The summed E-state index contributed by atoms with van der Waals surface area (Å²) in [6.07, 6.45) is 6.15. The van der Waals surface area contributed by atoms with Crippen LogP contribution in [0, 0.1) is 17.2 Å². The van der Waals surface area contributed by atoms with Gasteiger partial charge in [0.05, 0.1) is 26.2 Å². The van der Waals surface area contributed by atoms with Crippen molar-refractivity contribution >= 4 is 5.78 Å². The highest BCUT2D eigenvalue weighted by molar-refractivity contribution is 5.94. The van der Waals surface area contributed by atoms with Gasteiger partial charge in [-0.25, -0.2) is 0 Å². The van der Waals surface area contributed by atoms with E-state index in [4.69, 9.17) is 14.7 Å². The van der Waals surface area contributed by atoms with E-state index in [1.54, 1.807) is 26.5 Å². The van der Waals surface area contributed by atoms with Crippen LogP contribution in [0.4, 0.5) is 0 Å². The number of hydrogen-bond donors (Lipinski definition) is 0. The van der Waals surface area contributed by atoms with Crippen LogP contribution in [0.15, 0.2) is 42.2 Å². The lowest BCUT2D eigenvalue weighted by molar-refractivity contribution is -0.113. The molecule has 0 bridgehead atoms. The maximum absolute atomic E-state index is 11.6. The number of carbonyl (C=O) groups excluding carboxylic acids is 1. The van der Waals surface area contributed by atoms with Gasteiger partial charge < -0.3 is 14.4 Å². The van der Waals surface area contributed by atoms with Crippen LogP contribution in [-0.2, 0) is 11.2 Å². The Labute approximate surface area is 136 Å². The van der Waals surface area contributed by atoms with Crippen LogP contribution < -0.4 is 9.47 Å². The van der Waals surface area contributed by atoms with Gasteiger partial charge in [-0.05, 0) is 37.1 Å². The molecule has 1 atom stereocenters. The summed E-state index contributed by atoms with van der Waals surface area (Å²) in [6, 6.07) is 7.94. The lowest BCUT2D eigenvalue weighted by atomic mass is 9.96. The largest absolute Gasteiger partial charge is 0.493 e. The Morgan fingerprint density at radius 2 is 2.04 bits per heavy atom. The van der Waals surface area contributed by atoms with Gasteiger partial charge in [0.1, 0.15) is 0 Å². The molecular weight excluding hydrogens is 292 g/mol. The second kappa shape index (κ2) is 7.50. The minimum Gasteiger partial charge on any atom is -0.493 e. The third-order valence-corrected chi connectivity index (χ3v) is 3.76. The maximum atomic E-state index is 11.6. The molecule has 1 aliphatic rings. The number of allylic oxidation sites excluding steroid dienone is 2. The first-order chi connectivity index (χ1) is 11.1. The highest BCUT2D eigenvalue weighted by Crippen LogP contribution is 2.28. The van der Waals surface area contributed by atoms with Crippen molar-refractivity contribution in [3.63, 3.8) is 0 Å². The average Bonchev–Trinajstić information content (AvgIpc) is 2.59. The van der Waals surface area contributed by atoms with Gasteiger partial charge in [0.15, 0.2) is 17.3 Å².